The van der Waals surface area contributed by atoms with Crippen molar-refractivity contribution in [3.05, 3.63) is 0 Å². The van der Waals surface area contributed by atoms with Gasteiger partial charge in [0.25, 0.3) is 0 Å². The molecule has 0 spiro atoms. The fraction of sp³-hybridized carbons (Fsp3) is 0.833. The molecule has 2 radical (unpaired) electrons. The lowest BCUT2D eigenvalue weighted by atomic mass is 10.2. The number of Topliss-reactive ketones (excluding diaryl/α,β-unsaturated/α-hetero) is 1. The smallest absolute Gasteiger partial charge is 0.131 e. The van der Waals surface area contributed by atoms with Gasteiger partial charge in [0, 0.05) is 19.0 Å². The molecule has 10 heavy (non-hydrogen) atoms. The van der Waals surface area contributed by atoms with Gasteiger partial charge in [0.2, 0.25) is 0 Å². The van der Waals surface area contributed by atoms with Crippen LogP contribution in [-0.2, 0) is 9.63 Å². The van der Waals surface area contributed by atoms with E-state index in [-0.39, 0.29) is 18.3 Å². The second kappa shape index (κ2) is 5.44. The molecule has 1 unspecified atom stereocenters. The van der Waals surface area contributed by atoms with Gasteiger partial charge in [0.1, 0.15) is 13.6 Å². The van der Waals surface area contributed by atoms with E-state index < -0.39 is 0 Å². The van der Waals surface area contributed by atoms with Crippen LogP contribution in [0.5, 0.6) is 0 Å². The van der Waals surface area contributed by atoms with Gasteiger partial charge in [0.05, 0.1) is 0 Å². The lowest BCUT2D eigenvalue weighted by Crippen LogP contribution is -2.28. The molecule has 0 rings (SSSR count). The van der Waals surface area contributed by atoms with E-state index in [1.54, 1.807) is 6.92 Å². The Balaban J connectivity index is 3.25. The molecule has 0 aliphatic rings. The third-order valence-electron chi connectivity index (χ3n) is 0.961. The highest BCUT2D eigenvalue weighted by Gasteiger charge is 2.02. The molecule has 0 saturated carbocycles. The van der Waals surface area contributed by atoms with E-state index >= 15 is 0 Å². The van der Waals surface area contributed by atoms with Crippen molar-refractivity contribution in [3.63, 3.8) is 0 Å². The monoisotopic (exact) mass is 141 g/mol. The minimum absolute atomic E-state index is 0.0426. The largest absolute Gasteiger partial charge is 0.311 e. The Morgan fingerprint density at radius 1 is 1.80 bits per heavy atom. The standard InChI is InChI=1S/C6H12BNO2/c1-5(3-6(2)9)8-10-4-7/h5,8H,3-4H2,1-2H3. The molecule has 1 atom stereocenters. The highest BCUT2D eigenvalue weighted by Crippen LogP contribution is 1.90. The van der Waals surface area contributed by atoms with Crippen molar-refractivity contribution in [3.8, 4) is 0 Å². The summed E-state index contributed by atoms with van der Waals surface area (Å²) in [4.78, 5) is 15.2. The number of nitrogens with one attached hydrogen (secondary N) is 1. The van der Waals surface area contributed by atoms with Crippen LogP contribution in [0.4, 0.5) is 0 Å². The summed E-state index contributed by atoms with van der Waals surface area (Å²) in [5.74, 6) is 0.139. The molecule has 56 valence electrons. The number of carbonyl (C=O) groups is 1. The van der Waals surface area contributed by atoms with Crippen LogP contribution in [0.1, 0.15) is 20.3 Å². The van der Waals surface area contributed by atoms with E-state index in [1.807, 2.05) is 6.92 Å². The third-order valence-corrected chi connectivity index (χ3v) is 0.961. The van der Waals surface area contributed by atoms with E-state index in [4.69, 9.17) is 7.85 Å². The van der Waals surface area contributed by atoms with Gasteiger partial charge in [-0.05, 0) is 13.8 Å². The van der Waals surface area contributed by atoms with Crippen molar-refractivity contribution in [2.24, 2.45) is 0 Å². The number of ketones is 1. The maximum atomic E-state index is 10.5. The molecule has 0 saturated heterocycles. The molecular weight excluding hydrogens is 129 g/mol. The molecule has 0 heterocycles. The Kier molecular flexibility index (Phi) is 5.25. The first-order valence-electron chi connectivity index (χ1n) is 3.23. The van der Waals surface area contributed by atoms with Gasteiger partial charge >= 0.3 is 0 Å². The van der Waals surface area contributed by atoms with E-state index in [0.717, 1.165) is 0 Å². The number of hydroxylamine groups is 1. The van der Waals surface area contributed by atoms with Gasteiger partial charge in [-0.1, -0.05) is 0 Å². The molecule has 0 aliphatic carbocycles. The summed E-state index contributed by atoms with van der Waals surface area (Å²) in [6, 6.07) is 0.0426. The number of carbonyl (C=O) groups excluding carboxylic acids is 1. The Bertz CT molecular complexity index is 108. The molecule has 0 aromatic rings. The molecule has 1 N–H and O–H groups in total. The van der Waals surface area contributed by atoms with Crippen LogP contribution in [-0.4, -0.2) is 26.2 Å². The zero-order valence-electron chi connectivity index (χ0n) is 6.39. The van der Waals surface area contributed by atoms with Crippen molar-refractivity contribution >= 4 is 13.6 Å². The second-order valence-electron chi connectivity index (χ2n) is 2.24. The van der Waals surface area contributed by atoms with Crippen molar-refractivity contribution in [1.82, 2.24) is 5.48 Å². The summed E-state index contributed by atoms with van der Waals surface area (Å²) < 4.78 is 0. The summed E-state index contributed by atoms with van der Waals surface area (Å²) >= 11 is 0. The van der Waals surface area contributed by atoms with Crippen molar-refractivity contribution in [2.75, 3.05) is 6.51 Å². The molecule has 0 aliphatic heterocycles. The molecule has 4 heteroatoms. The average Bonchev–Trinajstić information content (AvgIpc) is 1.82. The zero-order chi connectivity index (χ0) is 7.98. The molecule has 0 aromatic heterocycles. The maximum absolute atomic E-state index is 10.5. The van der Waals surface area contributed by atoms with Gasteiger partial charge in [-0.3, -0.25) is 4.79 Å². The molecule has 0 fully saturated rings. The van der Waals surface area contributed by atoms with Crippen molar-refractivity contribution in [1.29, 1.82) is 0 Å². The normalized spacial score (nSPS) is 13.0. The van der Waals surface area contributed by atoms with Crippen LogP contribution >= 0.6 is 0 Å². The first kappa shape index (κ1) is 9.65. The second-order valence-corrected chi connectivity index (χ2v) is 2.24. The van der Waals surface area contributed by atoms with Gasteiger partial charge in [-0.2, -0.15) is 0 Å². The fourth-order valence-electron chi connectivity index (χ4n) is 0.663. The summed E-state index contributed by atoms with van der Waals surface area (Å²) in [5, 5.41) is 0. The Morgan fingerprint density at radius 2 is 2.40 bits per heavy atom. The maximum Gasteiger partial charge on any atom is 0.131 e. The summed E-state index contributed by atoms with van der Waals surface area (Å²) in [6.45, 7) is 3.53. The summed E-state index contributed by atoms with van der Waals surface area (Å²) in [7, 11) is 5.04. The van der Waals surface area contributed by atoms with Crippen LogP contribution in [0.15, 0.2) is 0 Å². The lowest BCUT2D eigenvalue weighted by Gasteiger charge is -2.10. The first-order chi connectivity index (χ1) is 4.66. The molecule has 3 nitrogen and oxygen atoms in total. The Labute approximate surface area is 62.5 Å². The third kappa shape index (κ3) is 5.79. The lowest BCUT2D eigenvalue weighted by molar-refractivity contribution is -0.118. The Hall–Kier alpha value is -0.345. The topological polar surface area (TPSA) is 38.3 Å². The van der Waals surface area contributed by atoms with Gasteiger partial charge in [0.15, 0.2) is 0 Å². The minimum Gasteiger partial charge on any atom is -0.311 e. The van der Waals surface area contributed by atoms with Crippen molar-refractivity contribution in [2.45, 2.75) is 26.3 Å². The molecule has 0 bridgehead atoms. The van der Waals surface area contributed by atoms with Crippen LogP contribution in [0.2, 0.25) is 0 Å². The first-order valence-corrected chi connectivity index (χ1v) is 3.23. The predicted molar refractivity (Wildman–Crippen MR) is 39.6 cm³/mol. The summed E-state index contributed by atoms with van der Waals surface area (Å²) in [5.41, 5.74) is 2.62. The van der Waals surface area contributed by atoms with Gasteiger partial charge < -0.3 is 4.84 Å². The van der Waals surface area contributed by atoms with Crippen LogP contribution < -0.4 is 5.48 Å². The zero-order valence-corrected chi connectivity index (χ0v) is 6.39. The molecular formula is C6H12BNO2. The quantitative estimate of drug-likeness (QED) is 0.432. The molecule has 0 amide bonds. The Morgan fingerprint density at radius 3 is 2.80 bits per heavy atom. The van der Waals surface area contributed by atoms with E-state index in [0.29, 0.717) is 6.42 Å². The van der Waals surface area contributed by atoms with Crippen LogP contribution in [0, 0.1) is 0 Å². The SMILES string of the molecule is [B]CONC(C)CC(C)=O. The minimum atomic E-state index is 0.0426. The predicted octanol–water partition coefficient (Wildman–Crippen LogP) is 0.00120. The summed E-state index contributed by atoms with van der Waals surface area (Å²) in [6.07, 6.45) is 0.472. The highest BCUT2D eigenvalue weighted by molar-refractivity contribution is 6.08. The average molecular weight is 141 g/mol. The van der Waals surface area contributed by atoms with Gasteiger partial charge in [-0.15, -0.1) is 0 Å². The number of hydrogen-bond donors (Lipinski definition) is 1. The number of hydrogen-bond acceptors (Lipinski definition) is 3. The van der Waals surface area contributed by atoms with E-state index in [2.05, 4.69) is 10.3 Å². The fourth-order valence-corrected chi connectivity index (χ4v) is 0.663. The van der Waals surface area contributed by atoms with Gasteiger partial charge in [-0.25, -0.2) is 5.48 Å². The van der Waals surface area contributed by atoms with E-state index in [9.17, 15) is 4.79 Å². The van der Waals surface area contributed by atoms with Crippen LogP contribution in [0.25, 0.3) is 0 Å². The number of rotatable bonds is 5. The van der Waals surface area contributed by atoms with E-state index in [1.165, 1.54) is 0 Å². The highest BCUT2D eigenvalue weighted by atomic mass is 16.6. The van der Waals surface area contributed by atoms with Crippen LogP contribution in [0.3, 0.4) is 0 Å². The van der Waals surface area contributed by atoms with Crippen molar-refractivity contribution < 1.29 is 9.63 Å². The molecule has 0 aromatic carbocycles.